The molecule has 1 N–H and O–H groups in total. The van der Waals surface area contributed by atoms with Gasteiger partial charge in [-0.25, -0.2) is 4.39 Å². The minimum atomic E-state index is -0.206. The lowest BCUT2D eigenvalue weighted by Crippen LogP contribution is -2.49. The van der Waals surface area contributed by atoms with Gasteiger partial charge in [-0.3, -0.25) is 9.89 Å². The van der Waals surface area contributed by atoms with Crippen molar-refractivity contribution < 1.29 is 9.13 Å². The Bertz CT molecular complexity index is 566. The molecule has 1 aliphatic heterocycles. The molecule has 6 heteroatoms. The Morgan fingerprint density at radius 2 is 2.32 bits per heavy atom. The minimum absolute atomic E-state index is 0.206. The Morgan fingerprint density at radius 1 is 1.52 bits per heavy atom. The van der Waals surface area contributed by atoms with Crippen LogP contribution in [0.15, 0.2) is 29.3 Å². The standard InChI is InChI=1S/C19H31FN4O/c1-5-21-19(23(4)13-17-7-6-8-18(20)11-17)22-12-15(2)24-9-10-25-14-16(24)3/h6-8,11,15-16H,5,9-10,12-14H2,1-4H3,(H,21,22). The van der Waals surface area contributed by atoms with Crippen molar-refractivity contribution in [3.05, 3.63) is 35.6 Å². The van der Waals surface area contributed by atoms with Gasteiger partial charge in [0, 0.05) is 38.8 Å². The maximum Gasteiger partial charge on any atom is 0.194 e. The van der Waals surface area contributed by atoms with E-state index >= 15 is 0 Å². The zero-order valence-corrected chi connectivity index (χ0v) is 15.8. The molecule has 0 spiro atoms. The van der Waals surface area contributed by atoms with E-state index < -0.39 is 0 Å². The molecule has 1 aromatic carbocycles. The highest BCUT2D eigenvalue weighted by Gasteiger charge is 2.23. The fourth-order valence-corrected chi connectivity index (χ4v) is 3.17. The van der Waals surface area contributed by atoms with Gasteiger partial charge in [-0.1, -0.05) is 12.1 Å². The summed E-state index contributed by atoms with van der Waals surface area (Å²) in [7, 11) is 1.98. The lowest BCUT2D eigenvalue weighted by Gasteiger charge is -2.37. The quantitative estimate of drug-likeness (QED) is 0.631. The Balaban J connectivity index is 1.98. The van der Waals surface area contributed by atoms with E-state index in [4.69, 9.17) is 9.73 Å². The molecular formula is C19H31FN4O. The highest BCUT2D eigenvalue weighted by molar-refractivity contribution is 5.79. The summed E-state index contributed by atoms with van der Waals surface area (Å²) >= 11 is 0. The van der Waals surface area contributed by atoms with Crippen LogP contribution in [0.3, 0.4) is 0 Å². The fraction of sp³-hybridized carbons (Fsp3) is 0.632. The first-order valence-corrected chi connectivity index (χ1v) is 9.08. The van der Waals surface area contributed by atoms with Crippen molar-refractivity contribution in [3.63, 3.8) is 0 Å². The predicted octanol–water partition coefficient (Wildman–Crippen LogP) is 2.33. The monoisotopic (exact) mass is 350 g/mol. The molecule has 5 nitrogen and oxygen atoms in total. The summed E-state index contributed by atoms with van der Waals surface area (Å²) < 4.78 is 18.9. The zero-order valence-electron chi connectivity index (χ0n) is 15.8. The summed E-state index contributed by atoms with van der Waals surface area (Å²) in [6, 6.07) is 7.49. The number of hydrogen-bond donors (Lipinski definition) is 1. The molecule has 2 atom stereocenters. The first kappa shape index (κ1) is 19.7. The van der Waals surface area contributed by atoms with Crippen molar-refractivity contribution >= 4 is 5.96 Å². The highest BCUT2D eigenvalue weighted by Crippen LogP contribution is 2.11. The second-order valence-electron chi connectivity index (χ2n) is 6.69. The first-order chi connectivity index (χ1) is 12.0. The molecule has 0 aliphatic carbocycles. The van der Waals surface area contributed by atoms with Crippen LogP contribution in [0.2, 0.25) is 0 Å². The van der Waals surface area contributed by atoms with Gasteiger partial charge >= 0.3 is 0 Å². The normalized spacial score (nSPS) is 20.4. The smallest absolute Gasteiger partial charge is 0.194 e. The summed E-state index contributed by atoms with van der Waals surface area (Å²) in [5, 5.41) is 3.33. The van der Waals surface area contributed by atoms with Gasteiger partial charge in [-0.2, -0.15) is 0 Å². The van der Waals surface area contributed by atoms with Crippen LogP contribution in [0.25, 0.3) is 0 Å². The second-order valence-corrected chi connectivity index (χ2v) is 6.69. The van der Waals surface area contributed by atoms with Crippen LogP contribution in [0.1, 0.15) is 26.3 Å². The zero-order chi connectivity index (χ0) is 18.2. The molecule has 140 valence electrons. The van der Waals surface area contributed by atoms with Gasteiger partial charge in [-0.15, -0.1) is 0 Å². The molecule has 0 saturated carbocycles. The molecule has 2 unspecified atom stereocenters. The van der Waals surface area contributed by atoms with E-state index in [2.05, 4.69) is 31.0 Å². The largest absolute Gasteiger partial charge is 0.379 e. The SMILES string of the molecule is CCNC(=NCC(C)N1CCOCC1C)N(C)Cc1cccc(F)c1. The molecule has 1 heterocycles. The van der Waals surface area contributed by atoms with Crippen LogP contribution >= 0.6 is 0 Å². The number of nitrogens with zero attached hydrogens (tertiary/aromatic N) is 3. The van der Waals surface area contributed by atoms with E-state index in [1.807, 2.05) is 18.0 Å². The van der Waals surface area contributed by atoms with Crippen molar-refractivity contribution in [1.82, 2.24) is 15.1 Å². The number of ether oxygens (including phenoxy) is 1. The number of nitrogens with one attached hydrogen (secondary N) is 1. The van der Waals surface area contributed by atoms with Gasteiger partial charge in [-0.05, 0) is 38.5 Å². The molecule has 0 amide bonds. The third kappa shape index (κ3) is 5.97. The Morgan fingerprint density at radius 3 is 3.00 bits per heavy atom. The number of guanidine groups is 1. The van der Waals surface area contributed by atoms with Crippen LogP contribution in [-0.4, -0.2) is 67.7 Å². The molecule has 2 rings (SSSR count). The van der Waals surface area contributed by atoms with E-state index in [0.29, 0.717) is 18.6 Å². The average Bonchev–Trinajstić information content (AvgIpc) is 2.58. The third-order valence-corrected chi connectivity index (χ3v) is 4.50. The van der Waals surface area contributed by atoms with Gasteiger partial charge in [0.2, 0.25) is 0 Å². The number of hydrogen-bond acceptors (Lipinski definition) is 3. The summed E-state index contributed by atoms with van der Waals surface area (Å²) in [6.07, 6.45) is 0. The maximum absolute atomic E-state index is 13.4. The van der Waals surface area contributed by atoms with E-state index in [9.17, 15) is 4.39 Å². The van der Waals surface area contributed by atoms with Crippen molar-refractivity contribution in [2.24, 2.45) is 4.99 Å². The summed E-state index contributed by atoms with van der Waals surface area (Å²) in [5.41, 5.74) is 0.933. The van der Waals surface area contributed by atoms with Crippen molar-refractivity contribution in [2.75, 3.05) is 39.9 Å². The molecule has 1 aliphatic rings. The van der Waals surface area contributed by atoms with Crippen LogP contribution in [0, 0.1) is 5.82 Å². The Kier molecular flexibility index (Phi) is 7.65. The molecule has 0 radical (unpaired) electrons. The lowest BCUT2D eigenvalue weighted by molar-refractivity contribution is -0.0166. The number of benzene rings is 1. The van der Waals surface area contributed by atoms with E-state index in [1.165, 1.54) is 6.07 Å². The van der Waals surface area contributed by atoms with Crippen LogP contribution in [-0.2, 0) is 11.3 Å². The lowest BCUT2D eigenvalue weighted by atomic mass is 10.2. The topological polar surface area (TPSA) is 40.1 Å². The van der Waals surface area contributed by atoms with Crippen molar-refractivity contribution in [1.29, 1.82) is 0 Å². The summed E-state index contributed by atoms with van der Waals surface area (Å²) in [4.78, 5) is 9.28. The van der Waals surface area contributed by atoms with Gasteiger partial charge in [0.25, 0.3) is 0 Å². The van der Waals surface area contributed by atoms with Gasteiger partial charge in [0.05, 0.1) is 19.8 Å². The highest BCUT2D eigenvalue weighted by atomic mass is 19.1. The first-order valence-electron chi connectivity index (χ1n) is 9.08. The molecule has 0 aromatic heterocycles. The van der Waals surface area contributed by atoms with Crippen LogP contribution < -0.4 is 5.32 Å². The molecular weight excluding hydrogens is 319 g/mol. The van der Waals surface area contributed by atoms with Crippen LogP contribution in [0.4, 0.5) is 4.39 Å². The van der Waals surface area contributed by atoms with Crippen LogP contribution in [0.5, 0.6) is 0 Å². The number of halogens is 1. The van der Waals surface area contributed by atoms with E-state index in [-0.39, 0.29) is 5.82 Å². The van der Waals surface area contributed by atoms with Crippen molar-refractivity contribution in [2.45, 2.75) is 39.4 Å². The number of aliphatic imine (C=N–C) groups is 1. The van der Waals surface area contributed by atoms with Gasteiger partial charge in [0.15, 0.2) is 5.96 Å². The van der Waals surface area contributed by atoms with E-state index in [1.54, 1.807) is 12.1 Å². The van der Waals surface area contributed by atoms with Gasteiger partial charge in [0.1, 0.15) is 5.82 Å². The minimum Gasteiger partial charge on any atom is -0.379 e. The Hall–Kier alpha value is -1.66. The van der Waals surface area contributed by atoms with E-state index in [0.717, 1.165) is 44.4 Å². The summed E-state index contributed by atoms with van der Waals surface area (Å²) in [5.74, 6) is 0.641. The molecule has 1 aromatic rings. The molecule has 1 saturated heterocycles. The predicted molar refractivity (Wildman–Crippen MR) is 100 cm³/mol. The molecule has 25 heavy (non-hydrogen) atoms. The second kappa shape index (κ2) is 9.73. The van der Waals surface area contributed by atoms with Gasteiger partial charge < -0.3 is 15.0 Å². The Labute approximate surface area is 150 Å². The molecule has 1 fully saturated rings. The number of rotatable bonds is 6. The average molecular weight is 350 g/mol. The fourth-order valence-electron chi connectivity index (χ4n) is 3.17. The number of morpholine rings is 1. The summed E-state index contributed by atoms with van der Waals surface area (Å²) in [6.45, 7) is 11.1. The maximum atomic E-state index is 13.4. The molecule has 0 bridgehead atoms. The van der Waals surface area contributed by atoms with Crippen molar-refractivity contribution in [3.8, 4) is 0 Å². The third-order valence-electron chi connectivity index (χ3n) is 4.50.